The molecule has 0 saturated heterocycles. The molecule has 0 fully saturated rings. The highest BCUT2D eigenvalue weighted by Crippen LogP contribution is 2.32. The van der Waals surface area contributed by atoms with Crippen molar-refractivity contribution in [3.05, 3.63) is 34.0 Å². The lowest BCUT2D eigenvalue weighted by Crippen LogP contribution is -2.07. The van der Waals surface area contributed by atoms with Crippen molar-refractivity contribution in [2.75, 3.05) is 7.11 Å². The zero-order valence-electron chi connectivity index (χ0n) is 10.3. The summed E-state index contributed by atoms with van der Waals surface area (Å²) < 4.78 is 4.67. The first kappa shape index (κ1) is 12.6. The van der Waals surface area contributed by atoms with E-state index >= 15 is 0 Å². The highest BCUT2D eigenvalue weighted by Gasteiger charge is 2.23. The molecule has 0 aliphatic rings. The predicted octanol–water partition coefficient (Wildman–Crippen LogP) is 3.12. The number of hydrogen-bond donors (Lipinski definition) is 1. The monoisotopic (exact) mass is 265 g/mol. The molecule has 5 heteroatoms. The Morgan fingerprint density at radius 2 is 2.00 bits per heavy atom. The first-order valence-electron chi connectivity index (χ1n) is 5.37. The van der Waals surface area contributed by atoms with Gasteiger partial charge in [0.05, 0.1) is 23.2 Å². The van der Waals surface area contributed by atoms with Crippen molar-refractivity contribution in [1.82, 2.24) is 4.98 Å². The third-order valence-electron chi connectivity index (χ3n) is 2.85. The number of carbonyl (C=O) groups is 2. The SMILES string of the molecule is COC(=O)c1[nH]c2c(C)ccc(Cl)c2c1C(C)=O. The molecule has 18 heavy (non-hydrogen) atoms. The number of carbonyl (C=O) groups excluding carboxylic acids is 2. The Bertz CT molecular complexity index is 658. The van der Waals surface area contributed by atoms with Crippen molar-refractivity contribution in [2.45, 2.75) is 13.8 Å². The van der Waals surface area contributed by atoms with Gasteiger partial charge in [0.15, 0.2) is 5.78 Å². The predicted molar refractivity (Wildman–Crippen MR) is 69.4 cm³/mol. The molecule has 2 aromatic rings. The standard InChI is InChI=1S/C13H12ClNO3/c1-6-4-5-8(14)10-9(7(2)16)12(13(17)18-3)15-11(6)10/h4-5,15H,1-3H3. The molecule has 0 radical (unpaired) electrons. The van der Waals surface area contributed by atoms with Gasteiger partial charge in [0.2, 0.25) is 0 Å². The average Bonchev–Trinajstić information content (AvgIpc) is 2.74. The zero-order chi connectivity index (χ0) is 13.4. The highest BCUT2D eigenvalue weighted by atomic mass is 35.5. The Labute approximate surface area is 109 Å². The van der Waals surface area contributed by atoms with Gasteiger partial charge in [-0.25, -0.2) is 4.79 Å². The Balaban J connectivity index is 2.93. The van der Waals surface area contributed by atoms with Crippen LogP contribution in [0.25, 0.3) is 10.9 Å². The molecular formula is C13H12ClNO3. The molecule has 1 aromatic carbocycles. The van der Waals surface area contributed by atoms with E-state index in [0.29, 0.717) is 15.9 Å². The van der Waals surface area contributed by atoms with Crippen LogP contribution >= 0.6 is 11.6 Å². The summed E-state index contributed by atoms with van der Waals surface area (Å²) >= 11 is 6.12. The maximum absolute atomic E-state index is 11.7. The van der Waals surface area contributed by atoms with Crippen LogP contribution in [0.15, 0.2) is 12.1 Å². The minimum Gasteiger partial charge on any atom is -0.464 e. The van der Waals surface area contributed by atoms with Crippen LogP contribution < -0.4 is 0 Å². The number of H-pyrrole nitrogens is 1. The minimum atomic E-state index is -0.577. The summed E-state index contributed by atoms with van der Waals surface area (Å²) in [7, 11) is 1.27. The first-order chi connectivity index (χ1) is 8.47. The number of fused-ring (bicyclic) bond motifs is 1. The lowest BCUT2D eigenvalue weighted by Gasteiger charge is -2.00. The summed E-state index contributed by atoms with van der Waals surface area (Å²) in [4.78, 5) is 26.3. The van der Waals surface area contributed by atoms with Crippen molar-refractivity contribution in [3.8, 4) is 0 Å². The molecule has 0 saturated carbocycles. The molecule has 94 valence electrons. The smallest absolute Gasteiger partial charge is 0.355 e. The maximum atomic E-state index is 11.7. The number of ether oxygens (including phenoxy) is 1. The molecule has 0 unspecified atom stereocenters. The molecular weight excluding hydrogens is 254 g/mol. The Kier molecular flexibility index (Phi) is 3.13. The average molecular weight is 266 g/mol. The van der Waals surface area contributed by atoms with Gasteiger partial charge in [-0.1, -0.05) is 17.7 Å². The van der Waals surface area contributed by atoms with Crippen LogP contribution in [0, 0.1) is 6.92 Å². The Morgan fingerprint density at radius 1 is 1.33 bits per heavy atom. The molecule has 0 amide bonds. The number of halogens is 1. The van der Waals surface area contributed by atoms with Crippen molar-refractivity contribution in [2.24, 2.45) is 0 Å². The fraction of sp³-hybridized carbons (Fsp3) is 0.231. The van der Waals surface area contributed by atoms with Crippen LogP contribution in [0.4, 0.5) is 0 Å². The molecule has 0 atom stereocenters. The van der Waals surface area contributed by atoms with E-state index in [1.165, 1.54) is 14.0 Å². The van der Waals surface area contributed by atoms with Crippen molar-refractivity contribution in [3.63, 3.8) is 0 Å². The first-order valence-corrected chi connectivity index (χ1v) is 5.75. The number of aromatic amines is 1. The van der Waals surface area contributed by atoms with E-state index in [0.717, 1.165) is 5.56 Å². The number of ketones is 1. The summed E-state index contributed by atoms with van der Waals surface area (Å²) in [5.41, 5.74) is 2.03. The Hall–Kier alpha value is -1.81. The van der Waals surface area contributed by atoms with E-state index in [2.05, 4.69) is 9.72 Å². The molecule has 1 aromatic heterocycles. The van der Waals surface area contributed by atoms with Gasteiger partial charge in [0, 0.05) is 5.39 Å². The third kappa shape index (κ3) is 1.78. The number of esters is 1. The van der Waals surface area contributed by atoms with Gasteiger partial charge in [-0.3, -0.25) is 4.79 Å². The number of aryl methyl sites for hydroxylation is 1. The summed E-state index contributed by atoms with van der Waals surface area (Å²) in [5, 5.41) is 1.01. The van der Waals surface area contributed by atoms with E-state index < -0.39 is 5.97 Å². The number of rotatable bonds is 2. The highest BCUT2D eigenvalue weighted by molar-refractivity contribution is 6.37. The number of benzene rings is 1. The normalized spacial score (nSPS) is 10.7. The van der Waals surface area contributed by atoms with Crippen molar-refractivity contribution >= 4 is 34.3 Å². The van der Waals surface area contributed by atoms with Crippen LogP contribution in [0.3, 0.4) is 0 Å². The lowest BCUT2D eigenvalue weighted by atomic mass is 10.1. The fourth-order valence-corrected chi connectivity index (χ4v) is 2.26. The summed E-state index contributed by atoms with van der Waals surface area (Å²) in [6.07, 6.45) is 0. The molecule has 0 aliphatic heterocycles. The second-order valence-corrected chi connectivity index (χ2v) is 4.44. The molecule has 0 bridgehead atoms. The third-order valence-corrected chi connectivity index (χ3v) is 3.17. The quantitative estimate of drug-likeness (QED) is 0.670. The van der Waals surface area contributed by atoms with Gasteiger partial charge in [-0.2, -0.15) is 0 Å². The molecule has 1 heterocycles. The number of methoxy groups -OCH3 is 1. The summed E-state index contributed by atoms with van der Waals surface area (Å²) in [6, 6.07) is 3.53. The van der Waals surface area contributed by atoms with Crippen LogP contribution in [0.1, 0.15) is 33.3 Å². The number of aromatic nitrogens is 1. The molecule has 4 nitrogen and oxygen atoms in total. The molecule has 0 spiro atoms. The van der Waals surface area contributed by atoms with E-state index in [1.807, 2.05) is 13.0 Å². The maximum Gasteiger partial charge on any atom is 0.355 e. The second-order valence-electron chi connectivity index (χ2n) is 4.04. The Morgan fingerprint density at radius 3 is 2.56 bits per heavy atom. The van der Waals surface area contributed by atoms with Crippen molar-refractivity contribution < 1.29 is 14.3 Å². The van der Waals surface area contributed by atoms with E-state index in [-0.39, 0.29) is 17.0 Å². The minimum absolute atomic E-state index is 0.149. The van der Waals surface area contributed by atoms with E-state index in [1.54, 1.807) is 6.07 Å². The van der Waals surface area contributed by atoms with E-state index in [4.69, 9.17) is 11.6 Å². The summed E-state index contributed by atoms with van der Waals surface area (Å²) in [6.45, 7) is 3.27. The van der Waals surface area contributed by atoms with Gasteiger partial charge < -0.3 is 9.72 Å². The van der Waals surface area contributed by atoms with Crippen LogP contribution in [-0.2, 0) is 4.74 Å². The van der Waals surface area contributed by atoms with Gasteiger partial charge in [0.25, 0.3) is 0 Å². The van der Waals surface area contributed by atoms with E-state index in [9.17, 15) is 9.59 Å². The van der Waals surface area contributed by atoms with Gasteiger partial charge in [-0.15, -0.1) is 0 Å². The second kappa shape index (κ2) is 4.46. The molecule has 2 rings (SSSR count). The van der Waals surface area contributed by atoms with Crippen LogP contribution in [0.5, 0.6) is 0 Å². The van der Waals surface area contributed by atoms with Gasteiger partial charge in [-0.05, 0) is 25.5 Å². The van der Waals surface area contributed by atoms with Gasteiger partial charge >= 0.3 is 5.97 Å². The molecule has 0 aliphatic carbocycles. The van der Waals surface area contributed by atoms with Crippen LogP contribution in [0.2, 0.25) is 5.02 Å². The fourth-order valence-electron chi connectivity index (χ4n) is 2.01. The van der Waals surface area contributed by atoms with Gasteiger partial charge in [0.1, 0.15) is 5.69 Å². The summed E-state index contributed by atoms with van der Waals surface area (Å²) in [5.74, 6) is -0.805. The molecule has 1 N–H and O–H groups in total. The number of Topliss-reactive ketones (excluding diaryl/α,β-unsaturated/α-hetero) is 1. The van der Waals surface area contributed by atoms with Crippen molar-refractivity contribution in [1.29, 1.82) is 0 Å². The topological polar surface area (TPSA) is 59.2 Å². The zero-order valence-corrected chi connectivity index (χ0v) is 11.0. The lowest BCUT2D eigenvalue weighted by molar-refractivity contribution is 0.0591. The number of hydrogen-bond acceptors (Lipinski definition) is 3. The van der Waals surface area contributed by atoms with Crippen LogP contribution in [-0.4, -0.2) is 23.8 Å². The number of nitrogens with one attached hydrogen (secondary N) is 1. The largest absolute Gasteiger partial charge is 0.464 e.